The molecular formula is C25H27NO5. The number of hydrogen-bond acceptors (Lipinski definition) is 6. The molecule has 1 aliphatic carbocycles. The molecule has 0 aromatic heterocycles. The Balaban J connectivity index is 1.45. The molecule has 0 saturated heterocycles. The standard InChI is InChI=1S/C25H27NO5/c1-28-18-9-8-16(22(13-18)29-2)12-23-24(27)19-10-11-21-20(25(19)31-23)14-26(15-30-21)17-6-4-3-5-7-17/h8-13,17H,3-7,14-15H2,1-2H3/b23-12-. The predicted octanol–water partition coefficient (Wildman–Crippen LogP) is 4.80. The van der Waals surface area contributed by atoms with E-state index in [0.29, 0.717) is 41.3 Å². The number of carbonyl (C=O) groups is 1. The van der Waals surface area contributed by atoms with Crippen LogP contribution in [0, 0.1) is 0 Å². The lowest BCUT2D eigenvalue weighted by atomic mass is 9.93. The lowest BCUT2D eigenvalue weighted by Crippen LogP contribution is -2.41. The van der Waals surface area contributed by atoms with Crippen molar-refractivity contribution in [3.8, 4) is 23.0 Å². The zero-order valence-electron chi connectivity index (χ0n) is 18.0. The largest absolute Gasteiger partial charge is 0.497 e. The van der Waals surface area contributed by atoms with Crippen molar-refractivity contribution in [2.75, 3.05) is 21.0 Å². The molecule has 6 nitrogen and oxygen atoms in total. The van der Waals surface area contributed by atoms with E-state index in [2.05, 4.69) is 4.90 Å². The third-order valence-electron chi connectivity index (χ3n) is 6.46. The second kappa shape index (κ2) is 8.27. The third-order valence-corrected chi connectivity index (χ3v) is 6.46. The molecule has 0 atom stereocenters. The number of methoxy groups -OCH3 is 2. The van der Waals surface area contributed by atoms with Crippen LogP contribution >= 0.6 is 0 Å². The van der Waals surface area contributed by atoms with E-state index in [1.807, 2.05) is 18.2 Å². The highest BCUT2D eigenvalue weighted by Gasteiger charge is 2.35. The first-order valence-corrected chi connectivity index (χ1v) is 10.9. The molecule has 2 aromatic rings. The van der Waals surface area contributed by atoms with Crippen LogP contribution in [0.1, 0.15) is 53.6 Å². The molecule has 3 aliphatic rings. The van der Waals surface area contributed by atoms with Crippen LogP contribution in [0.2, 0.25) is 0 Å². The Labute approximate surface area is 182 Å². The molecule has 0 spiro atoms. The van der Waals surface area contributed by atoms with Crippen LogP contribution in [0.5, 0.6) is 23.0 Å². The first kappa shape index (κ1) is 19.9. The van der Waals surface area contributed by atoms with Crippen LogP contribution in [-0.4, -0.2) is 37.7 Å². The summed E-state index contributed by atoms with van der Waals surface area (Å²) < 4.78 is 22.9. The van der Waals surface area contributed by atoms with E-state index < -0.39 is 0 Å². The lowest BCUT2D eigenvalue weighted by Gasteiger charge is -2.37. The van der Waals surface area contributed by atoms with Gasteiger partial charge in [0.15, 0.2) is 5.76 Å². The third kappa shape index (κ3) is 3.65. The van der Waals surface area contributed by atoms with Gasteiger partial charge in [0.25, 0.3) is 0 Å². The van der Waals surface area contributed by atoms with Gasteiger partial charge in [-0.2, -0.15) is 0 Å². The minimum atomic E-state index is -0.120. The van der Waals surface area contributed by atoms with Gasteiger partial charge in [-0.15, -0.1) is 0 Å². The number of Topliss-reactive ketones (excluding diaryl/α,β-unsaturated/α-hetero) is 1. The van der Waals surface area contributed by atoms with E-state index >= 15 is 0 Å². The van der Waals surface area contributed by atoms with Crippen LogP contribution in [0.4, 0.5) is 0 Å². The van der Waals surface area contributed by atoms with Gasteiger partial charge in [-0.1, -0.05) is 19.3 Å². The molecule has 0 N–H and O–H groups in total. The van der Waals surface area contributed by atoms with E-state index in [1.165, 1.54) is 32.1 Å². The van der Waals surface area contributed by atoms with E-state index in [4.69, 9.17) is 18.9 Å². The average molecular weight is 421 g/mol. The fraction of sp³-hybridized carbons (Fsp3) is 0.400. The molecule has 0 amide bonds. The Morgan fingerprint density at radius 1 is 1.06 bits per heavy atom. The summed E-state index contributed by atoms with van der Waals surface area (Å²) in [7, 11) is 3.20. The van der Waals surface area contributed by atoms with Gasteiger partial charge in [0.05, 0.1) is 25.3 Å². The van der Waals surface area contributed by atoms with Crippen LogP contribution in [0.25, 0.3) is 6.08 Å². The Bertz CT molecular complexity index is 1040. The molecule has 0 unspecified atom stereocenters. The van der Waals surface area contributed by atoms with Gasteiger partial charge in [-0.25, -0.2) is 0 Å². The zero-order chi connectivity index (χ0) is 21.4. The van der Waals surface area contributed by atoms with Gasteiger partial charge >= 0.3 is 0 Å². The maximum atomic E-state index is 13.1. The van der Waals surface area contributed by atoms with Crippen molar-refractivity contribution >= 4 is 11.9 Å². The molecule has 2 aromatic carbocycles. The highest BCUT2D eigenvalue weighted by Crippen LogP contribution is 2.43. The number of carbonyl (C=O) groups excluding carboxylic acids is 1. The minimum Gasteiger partial charge on any atom is -0.497 e. The molecule has 2 heterocycles. The fourth-order valence-electron chi connectivity index (χ4n) is 4.73. The van der Waals surface area contributed by atoms with Crippen LogP contribution in [-0.2, 0) is 6.54 Å². The van der Waals surface area contributed by atoms with Crippen molar-refractivity contribution in [2.24, 2.45) is 0 Å². The zero-order valence-corrected chi connectivity index (χ0v) is 18.0. The second-order valence-corrected chi connectivity index (χ2v) is 8.28. The van der Waals surface area contributed by atoms with E-state index in [1.54, 1.807) is 32.4 Å². The second-order valence-electron chi connectivity index (χ2n) is 8.28. The van der Waals surface area contributed by atoms with Crippen LogP contribution < -0.4 is 18.9 Å². The molecule has 0 bridgehead atoms. The van der Waals surface area contributed by atoms with Crippen molar-refractivity contribution in [3.05, 3.63) is 52.8 Å². The summed E-state index contributed by atoms with van der Waals surface area (Å²) in [5.41, 5.74) is 2.31. The van der Waals surface area contributed by atoms with Crippen molar-refractivity contribution in [2.45, 2.75) is 44.7 Å². The molecule has 2 aliphatic heterocycles. The Morgan fingerprint density at radius 2 is 1.90 bits per heavy atom. The Kier molecular flexibility index (Phi) is 5.32. The molecule has 5 rings (SSSR count). The van der Waals surface area contributed by atoms with Gasteiger partial charge in [-0.05, 0) is 43.2 Å². The number of ketones is 1. The van der Waals surface area contributed by atoms with Gasteiger partial charge in [-0.3, -0.25) is 9.69 Å². The first-order chi connectivity index (χ1) is 15.2. The minimum absolute atomic E-state index is 0.120. The van der Waals surface area contributed by atoms with Crippen LogP contribution in [0.15, 0.2) is 36.1 Å². The summed E-state index contributed by atoms with van der Waals surface area (Å²) in [4.78, 5) is 15.5. The number of nitrogens with zero attached hydrogens (tertiary/aromatic N) is 1. The summed E-state index contributed by atoms with van der Waals surface area (Å²) in [6.07, 6.45) is 8.00. The van der Waals surface area contributed by atoms with Gasteiger partial charge in [0.2, 0.25) is 5.78 Å². The molecule has 31 heavy (non-hydrogen) atoms. The Hall–Kier alpha value is -2.99. The molecule has 1 saturated carbocycles. The first-order valence-electron chi connectivity index (χ1n) is 10.9. The molecule has 6 heteroatoms. The molecule has 1 fully saturated rings. The number of hydrogen-bond donors (Lipinski definition) is 0. The van der Waals surface area contributed by atoms with Crippen molar-refractivity contribution in [1.82, 2.24) is 4.90 Å². The summed E-state index contributed by atoms with van der Waals surface area (Å²) in [5.74, 6) is 2.92. The SMILES string of the molecule is COc1ccc(/C=C2\Oc3c(ccc4c3CN(C3CCCCC3)CO4)C2=O)c(OC)c1. The normalized spacial score (nSPS) is 20.1. The van der Waals surface area contributed by atoms with Gasteiger partial charge in [0, 0.05) is 24.2 Å². The molecular weight excluding hydrogens is 394 g/mol. The predicted molar refractivity (Wildman–Crippen MR) is 117 cm³/mol. The highest BCUT2D eigenvalue weighted by atomic mass is 16.5. The average Bonchev–Trinajstić information content (AvgIpc) is 3.15. The summed E-state index contributed by atoms with van der Waals surface area (Å²) in [6, 6.07) is 9.71. The maximum Gasteiger partial charge on any atom is 0.231 e. The maximum absolute atomic E-state index is 13.1. The van der Waals surface area contributed by atoms with E-state index in [-0.39, 0.29) is 5.78 Å². The van der Waals surface area contributed by atoms with Gasteiger partial charge < -0.3 is 18.9 Å². The number of allylic oxidation sites excluding steroid dienone is 1. The van der Waals surface area contributed by atoms with Crippen molar-refractivity contribution in [3.63, 3.8) is 0 Å². The highest BCUT2D eigenvalue weighted by molar-refractivity contribution is 6.15. The fourth-order valence-corrected chi connectivity index (χ4v) is 4.73. The molecule has 0 radical (unpaired) electrons. The summed E-state index contributed by atoms with van der Waals surface area (Å²) in [5, 5.41) is 0. The Morgan fingerprint density at radius 3 is 2.68 bits per heavy atom. The van der Waals surface area contributed by atoms with Gasteiger partial charge in [0.1, 0.15) is 29.7 Å². The van der Waals surface area contributed by atoms with Crippen molar-refractivity contribution in [1.29, 1.82) is 0 Å². The quantitative estimate of drug-likeness (QED) is 0.661. The monoisotopic (exact) mass is 421 g/mol. The van der Waals surface area contributed by atoms with E-state index in [0.717, 1.165) is 23.4 Å². The van der Waals surface area contributed by atoms with E-state index in [9.17, 15) is 4.79 Å². The number of rotatable bonds is 4. The smallest absolute Gasteiger partial charge is 0.231 e. The van der Waals surface area contributed by atoms with Crippen molar-refractivity contribution < 1.29 is 23.7 Å². The summed E-state index contributed by atoms with van der Waals surface area (Å²) in [6.45, 7) is 1.34. The summed E-state index contributed by atoms with van der Waals surface area (Å²) >= 11 is 0. The van der Waals surface area contributed by atoms with Crippen LogP contribution in [0.3, 0.4) is 0 Å². The number of benzene rings is 2. The topological polar surface area (TPSA) is 57.2 Å². The number of fused-ring (bicyclic) bond motifs is 3. The lowest BCUT2D eigenvalue weighted by molar-refractivity contribution is 0.0394. The molecule has 162 valence electrons. The number of ether oxygens (including phenoxy) is 4.